The molecule has 0 saturated heterocycles. The first-order chi connectivity index (χ1) is 7.63. The molecule has 0 spiro atoms. The van der Waals surface area contributed by atoms with Crippen LogP contribution in [0, 0.1) is 0 Å². The van der Waals surface area contributed by atoms with E-state index in [4.69, 9.17) is 4.74 Å². The van der Waals surface area contributed by atoms with Crippen LogP contribution in [0.25, 0.3) is 0 Å². The van der Waals surface area contributed by atoms with Gasteiger partial charge in [-0.25, -0.2) is 0 Å². The van der Waals surface area contributed by atoms with Crippen molar-refractivity contribution < 1.29 is 9.53 Å². The van der Waals surface area contributed by atoms with Gasteiger partial charge < -0.3 is 10.1 Å². The largest absolute Gasteiger partial charge is 0.489 e. The highest BCUT2D eigenvalue weighted by atomic mass is 16.5. The van der Waals surface area contributed by atoms with Gasteiger partial charge in [-0.05, 0) is 43.7 Å². The van der Waals surface area contributed by atoms with Crippen LogP contribution in [0.2, 0.25) is 0 Å². The third kappa shape index (κ3) is 3.77. The van der Waals surface area contributed by atoms with Crippen LogP contribution in [0.3, 0.4) is 0 Å². The second kappa shape index (κ2) is 5.95. The first-order valence-electron chi connectivity index (χ1n) is 5.29. The van der Waals surface area contributed by atoms with Crippen LogP contribution < -0.4 is 10.1 Å². The van der Waals surface area contributed by atoms with Crippen molar-refractivity contribution in [2.45, 2.75) is 13.8 Å². The summed E-state index contributed by atoms with van der Waals surface area (Å²) in [6.45, 7) is 8.68. The number of nitrogens with one attached hydrogen (secondary N) is 1. The SMILES string of the molecule is C=C(C)COc1ccc(C(=O)NCC)cc1. The summed E-state index contributed by atoms with van der Waals surface area (Å²) in [6, 6.07) is 7.07. The summed E-state index contributed by atoms with van der Waals surface area (Å²) in [5.41, 5.74) is 1.61. The highest BCUT2D eigenvalue weighted by Crippen LogP contribution is 2.12. The van der Waals surface area contributed by atoms with Gasteiger partial charge in [-0.15, -0.1) is 0 Å². The maximum absolute atomic E-state index is 11.5. The van der Waals surface area contributed by atoms with E-state index in [1.54, 1.807) is 24.3 Å². The summed E-state index contributed by atoms with van der Waals surface area (Å²) in [6.07, 6.45) is 0. The Morgan fingerprint density at radius 3 is 2.50 bits per heavy atom. The molecule has 0 heterocycles. The van der Waals surface area contributed by atoms with Crippen molar-refractivity contribution in [1.29, 1.82) is 0 Å². The summed E-state index contributed by atoms with van der Waals surface area (Å²) in [5.74, 6) is 0.685. The standard InChI is InChI=1S/C13H17NO2/c1-4-14-13(15)11-5-7-12(8-6-11)16-9-10(2)3/h5-8H,2,4,9H2,1,3H3,(H,14,15). The molecule has 0 fully saturated rings. The molecule has 0 saturated carbocycles. The molecule has 1 amide bonds. The van der Waals surface area contributed by atoms with Crippen molar-refractivity contribution in [3.63, 3.8) is 0 Å². The van der Waals surface area contributed by atoms with Crippen molar-refractivity contribution in [3.8, 4) is 5.75 Å². The van der Waals surface area contributed by atoms with Crippen LogP contribution in [-0.2, 0) is 0 Å². The van der Waals surface area contributed by atoms with Gasteiger partial charge in [0.25, 0.3) is 5.91 Å². The highest BCUT2D eigenvalue weighted by Gasteiger charge is 2.03. The van der Waals surface area contributed by atoms with E-state index < -0.39 is 0 Å². The minimum atomic E-state index is -0.0612. The van der Waals surface area contributed by atoms with E-state index in [1.807, 2.05) is 13.8 Å². The molecule has 0 aliphatic heterocycles. The first kappa shape index (κ1) is 12.3. The molecule has 1 aromatic rings. The Morgan fingerprint density at radius 1 is 1.38 bits per heavy atom. The lowest BCUT2D eigenvalue weighted by Crippen LogP contribution is -2.22. The lowest BCUT2D eigenvalue weighted by atomic mass is 10.2. The van der Waals surface area contributed by atoms with E-state index in [2.05, 4.69) is 11.9 Å². The number of carbonyl (C=O) groups is 1. The van der Waals surface area contributed by atoms with Crippen LogP contribution in [0.1, 0.15) is 24.2 Å². The molecular formula is C13H17NO2. The van der Waals surface area contributed by atoms with E-state index in [-0.39, 0.29) is 5.91 Å². The van der Waals surface area contributed by atoms with Crippen LogP contribution in [0.15, 0.2) is 36.4 Å². The van der Waals surface area contributed by atoms with E-state index in [0.29, 0.717) is 18.7 Å². The summed E-state index contributed by atoms with van der Waals surface area (Å²) >= 11 is 0. The van der Waals surface area contributed by atoms with Crippen LogP contribution in [0.5, 0.6) is 5.75 Å². The molecule has 86 valence electrons. The van der Waals surface area contributed by atoms with Gasteiger partial charge in [-0.1, -0.05) is 6.58 Å². The molecule has 0 bridgehead atoms. The quantitative estimate of drug-likeness (QED) is 0.772. The Balaban J connectivity index is 2.60. The molecule has 3 heteroatoms. The fourth-order valence-electron chi connectivity index (χ4n) is 1.17. The number of hydrogen-bond donors (Lipinski definition) is 1. The van der Waals surface area contributed by atoms with Gasteiger partial charge in [0.2, 0.25) is 0 Å². The minimum Gasteiger partial charge on any atom is -0.489 e. The second-order valence-electron chi connectivity index (χ2n) is 3.63. The molecule has 1 N–H and O–H groups in total. The average Bonchev–Trinajstić information content (AvgIpc) is 2.27. The maximum atomic E-state index is 11.5. The minimum absolute atomic E-state index is 0.0612. The van der Waals surface area contributed by atoms with Gasteiger partial charge in [-0.2, -0.15) is 0 Å². The number of rotatable bonds is 5. The fourth-order valence-corrected chi connectivity index (χ4v) is 1.17. The van der Waals surface area contributed by atoms with Crippen LogP contribution in [0.4, 0.5) is 0 Å². The van der Waals surface area contributed by atoms with Gasteiger partial charge in [0.15, 0.2) is 0 Å². The van der Waals surface area contributed by atoms with Gasteiger partial charge in [-0.3, -0.25) is 4.79 Å². The topological polar surface area (TPSA) is 38.3 Å². The molecule has 16 heavy (non-hydrogen) atoms. The Bertz CT molecular complexity index is 368. The molecule has 1 rings (SSSR count). The number of benzene rings is 1. The Kier molecular flexibility index (Phi) is 4.58. The van der Waals surface area contributed by atoms with Gasteiger partial charge in [0.05, 0.1) is 0 Å². The molecule has 1 aromatic carbocycles. The zero-order chi connectivity index (χ0) is 12.0. The number of ether oxygens (including phenoxy) is 1. The number of hydrogen-bond acceptors (Lipinski definition) is 2. The molecule has 0 atom stereocenters. The lowest BCUT2D eigenvalue weighted by Gasteiger charge is -2.06. The molecule has 0 aromatic heterocycles. The summed E-state index contributed by atoms with van der Waals surface area (Å²) < 4.78 is 5.43. The average molecular weight is 219 g/mol. The van der Waals surface area contributed by atoms with Crippen molar-refractivity contribution in [2.24, 2.45) is 0 Å². The summed E-state index contributed by atoms with van der Waals surface area (Å²) in [4.78, 5) is 11.5. The molecule has 0 aliphatic carbocycles. The zero-order valence-electron chi connectivity index (χ0n) is 9.75. The van der Waals surface area contributed by atoms with Crippen molar-refractivity contribution >= 4 is 5.91 Å². The van der Waals surface area contributed by atoms with E-state index in [1.165, 1.54) is 0 Å². The van der Waals surface area contributed by atoms with E-state index in [9.17, 15) is 4.79 Å². The molecular weight excluding hydrogens is 202 g/mol. The molecule has 0 radical (unpaired) electrons. The van der Waals surface area contributed by atoms with Crippen molar-refractivity contribution in [2.75, 3.05) is 13.2 Å². The van der Waals surface area contributed by atoms with Gasteiger partial charge >= 0.3 is 0 Å². The third-order valence-corrected chi connectivity index (χ3v) is 1.94. The molecule has 0 aliphatic rings. The number of carbonyl (C=O) groups excluding carboxylic acids is 1. The van der Waals surface area contributed by atoms with Crippen LogP contribution in [-0.4, -0.2) is 19.1 Å². The number of amides is 1. The van der Waals surface area contributed by atoms with Gasteiger partial charge in [0.1, 0.15) is 12.4 Å². The fraction of sp³-hybridized carbons (Fsp3) is 0.308. The Hall–Kier alpha value is -1.77. The maximum Gasteiger partial charge on any atom is 0.251 e. The lowest BCUT2D eigenvalue weighted by molar-refractivity contribution is 0.0956. The normalized spacial score (nSPS) is 9.62. The second-order valence-corrected chi connectivity index (χ2v) is 3.63. The predicted molar refractivity (Wildman–Crippen MR) is 64.8 cm³/mol. The Morgan fingerprint density at radius 2 is 2.00 bits per heavy atom. The van der Waals surface area contributed by atoms with Gasteiger partial charge in [0, 0.05) is 12.1 Å². The highest BCUT2D eigenvalue weighted by molar-refractivity contribution is 5.94. The molecule has 3 nitrogen and oxygen atoms in total. The van der Waals surface area contributed by atoms with Crippen molar-refractivity contribution in [1.82, 2.24) is 5.32 Å². The smallest absolute Gasteiger partial charge is 0.251 e. The first-order valence-corrected chi connectivity index (χ1v) is 5.29. The predicted octanol–water partition coefficient (Wildman–Crippen LogP) is 2.39. The van der Waals surface area contributed by atoms with Crippen LogP contribution >= 0.6 is 0 Å². The Labute approximate surface area is 96.1 Å². The van der Waals surface area contributed by atoms with E-state index in [0.717, 1.165) is 11.3 Å². The molecule has 0 unspecified atom stereocenters. The monoisotopic (exact) mass is 219 g/mol. The third-order valence-electron chi connectivity index (χ3n) is 1.94. The van der Waals surface area contributed by atoms with E-state index >= 15 is 0 Å². The zero-order valence-corrected chi connectivity index (χ0v) is 9.75. The summed E-state index contributed by atoms with van der Waals surface area (Å²) in [7, 11) is 0. The summed E-state index contributed by atoms with van der Waals surface area (Å²) in [5, 5.41) is 2.74. The van der Waals surface area contributed by atoms with Crippen molar-refractivity contribution in [3.05, 3.63) is 42.0 Å².